The fourth-order valence-corrected chi connectivity index (χ4v) is 3.43. The van der Waals surface area contributed by atoms with Gasteiger partial charge in [0.25, 0.3) is 5.91 Å². The van der Waals surface area contributed by atoms with E-state index in [4.69, 9.17) is 9.15 Å². The van der Waals surface area contributed by atoms with Crippen molar-refractivity contribution in [3.63, 3.8) is 0 Å². The molecule has 0 saturated heterocycles. The number of ether oxygens (including phenoxy) is 1. The van der Waals surface area contributed by atoms with E-state index in [0.29, 0.717) is 6.61 Å². The Balaban J connectivity index is 2.09. The van der Waals surface area contributed by atoms with E-state index >= 15 is 0 Å². The summed E-state index contributed by atoms with van der Waals surface area (Å²) in [6.45, 7) is 8.60. The van der Waals surface area contributed by atoms with Crippen molar-refractivity contribution in [3.8, 4) is 6.07 Å². The lowest BCUT2D eigenvalue weighted by molar-refractivity contribution is -0.117. The van der Waals surface area contributed by atoms with E-state index < -0.39 is 0 Å². The molecule has 0 aromatic carbocycles. The lowest BCUT2D eigenvalue weighted by atomic mass is 10.1. The van der Waals surface area contributed by atoms with E-state index in [0.717, 1.165) is 35.6 Å². The minimum absolute atomic E-state index is 0.0662. The molecule has 0 saturated carbocycles. The Hall–Kier alpha value is -2.78. The molecule has 2 unspecified atom stereocenters. The molecule has 2 aromatic heterocycles. The predicted molar refractivity (Wildman–Crippen MR) is 109 cm³/mol. The van der Waals surface area contributed by atoms with Gasteiger partial charge in [0, 0.05) is 31.0 Å². The normalized spacial score (nSPS) is 13.8. The summed E-state index contributed by atoms with van der Waals surface area (Å²) in [5.41, 5.74) is 3.05. The molecule has 2 atom stereocenters. The Morgan fingerprint density at radius 2 is 2.18 bits per heavy atom. The maximum absolute atomic E-state index is 12.5. The zero-order valence-electron chi connectivity index (χ0n) is 17.3. The Bertz CT molecular complexity index is 856. The van der Waals surface area contributed by atoms with E-state index in [-0.39, 0.29) is 23.6 Å². The number of carbonyl (C=O) groups is 1. The summed E-state index contributed by atoms with van der Waals surface area (Å²) in [6.07, 6.45) is 4.77. The lowest BCUT2D eigenvalue weighted by Gasteiger charge is -2.17. The van der Waals surface area contributed by atoms with E-state index in [2.05, 4.69) is 16.8 Å². The minimum Gasteiger partial charge on any atom is -0.469 e. The number of amides is 1. The van der Waals surface area contributed by atoms with Crippen LogP contribution in [-0.4, -0.2) is 30.2 Å². The molecular weight excluding hydrogens is 354 g/mol. The van der Waals surface area contributed by atoms with Crippen LogP contribution >= 0.6 is 0 Å². The fraction of sp³-hybridized carbons (Fsp3) is 0.455. The van der Waals surface area contributed by atoms with Gasteiger partial charge in [-0.05, 0) is 64.0 Å². The highest BCUT2D eigenvalue weighted by molar-refractivity contribution is 6.01. The van der Waals surface area contributed by atoms with Crippen molar-refractivity contribution in [2.75, 3.05) is 13.7 Å². The molecule has 1 N–H and O–H groups in total. The SMILES string of the molecule is COCC(C)n1c(C)cc(/C=C(/C#N)C(=O)NC(C)CCc2ccco2)c1C. The first-order valence-corrected chi connectivity index (χ1v) is 9.49. The molecule has 28 heavy (non-hydrogen) atoms. The Morgan fingerprint density at radius 1 is 1.43 bits per heavy atom. The van der Waals surface area contributed by atoms with Gasteiger partial charge in [0.2, 0.25) is 0 Å². The largest absolute Gasteiger partial charge is 0.469 e. The van der Waals surface area contributed by atoms with Gasteiger partial charge in [-0.1, -0.05) is 0 Å². The topological polar surface area (TPSA) is 80.2 Å². The van der Waals surface area contributed by atoms with E-state index in [9.17, 15) is 10.1 Å². The third-order valence-electron chi connectivity index (χ3n) is 4.82. The standard InChI is InChI=1S/C22H29N3O3/c1-15(8-9-21-7-6-10-28-21)24-22(26)20(13-23)12-19-11-16(2)25(18(19)4)17(3)14-27-5/h6-7,10-12,15,17H,8-9,14H2,1-5H3,(H,24,26)/b20-12-. The fourth-order valence-electron chi connectivity index (χ4n) is 3.43. The van der Waals surface area contributed by atoms with Crippen LogP contribution in [0.5, 0.6) is 0 Å². The first kappa shape index (κ1) is 21.5. The molecule has 0 aliphatic carbocycles. The van der Waals surface area contributed by atoms with Crippen LogP contribution in [0.2, 0.25) is 0 Å². The Morgan fingerprint density at radius 3 is 2.79 bits per heavy atom. The van der Waals surface area contributed by atoms with Gasteiger partial charge in [-0.2, -0.15) is 5.26 Å². The maximum Gasteiger partial charge on any atom is 0.262 e. The van der Waals surface area contributed by atoms with Crippen LogP contribution in [0.25, 0.3) is 6.08 Å². The van der Waals surface area contributed by atoms with Gasteiger partial charge >= 0.3 is 0 Å². The summed E-state index contributed by atoms with van der Waals surface area (Å²) in [5.74, 6) is 0.527. The second-order valence-electron chi connectivity index (χ2n) is 7.16. The number of nitrogens with zero attached hydrogens (tertiary/aromatic N) is 2. The summed E-state index contributed by atoms with van der Waals surface area (Å²) in [6, 6.07) is 7.89. The molecular formula is C22H29N3O3. The van der Waals surface area contributed by atoms with Crippen LogP contribution in [0.15, 0.2) is 34.5 Å². The predicted octanol–water partition coefficient (Wildman–Crippen LogP) is 3.95. The van der Waals surface area contributed by atoms with Gasteiger partial charge in [-0.15, -0.1) is 0 Å². The molecule has 2 aromatic rings. The molecule has 1 amide bonds. The number of nitriles is 1. The number of aromatic nitrogens is 1. The van der Waals surface area contributed by atoms with Gasteiger partial charge in [-0.25, -0.2) is 0 Å². The molecule has 2 rings (SSSR count). The Labute approximate surface area is 166 Å². The number of rotatable bonds is 9. The van der Waals surface area contributed by atoms with Crippen molar-refractivity contribution in [2.24, 2.45) is 0 Å². The molecule has 0 aliphatic rings. The number of methoxy groups -OCH3 is 1. The molecule has 6 heteroatoms. The van der Waals surface area contributed by atoms with Crippen LogP contribution in [0.3, 0.4) is 0 Å². The molecule has 6 nitrogen and oxygen atoms in total. The smallest absolute Gasteiger partial charge is 0.262 e. The zero-order valence-corrected chi connectivity index (χ0v) is 17.3. The summed E-state index contributed by atoms with van der Waals surface area (Å²) < 4.78 is 12.7. The highest BCUT2D eigenvalue weighted by Crippen LogP contribution is 2.23. The zero-order chi connectivity index (χ0) is 20.7. The van der Waals surface area contributed by atoms with E-state index in [1.165, 1.54) is 0 Å². The van der Waals surface area contributed by atoms with Crippen LogP contribution < -0.4 is 5.32 Å². The molecule has 0 radical (unpaired) electrons. The van der Waals surface area contributed by atoms with Gasteiger partial charge < -0.3 is 19.0 Å². The Kier molecular flexibility index (Phi) is 7.65. The quantitative estimate of drug-likeness (QED) is 0.525. The maximum atomic E-state index is 12.5. The minimum atomic E-state index is -0.357. The first-order valence-electron chi connectivity index (χ1n) is 9.49. The highest BCUT2D eigenvalue weighted by atomic mass is 16.5. The van der Waals surface area contributed by atoms with Crippen molar-refractivity contribution in [1.82, 2.24) is 9.88 Å². The molecule has 0 fully saturated rings. The molecule has 0 spiro atoms. The van der Waals surface area contributed by atoms with Crippen molar-refractivity contribution < 1.29 is 13.9 Å². The monoisotopic (exact) mass is 383 g/mol. The molecule has 150 valence electrons. The van der Waals surface area contributed by atoms with Crippen molar-refractivity contribution in [3.05, 3.63) is 52.7 Å². The van der Waals surface area contributed by atoms with Crippen LogP contribution in [0.1, 0.15) is 49.0 Å². The van der Waals surface area contributed by atoms with E-state index in [1.54, 1.807) is 19.4 Å². The number of carbonyl (C=O) groups excluding carboxylic acids is 1. The van der Waals surface area contributed by atoms with E-state index in [1.807, 2.05) is 45.0 Å². The lowest BCUT2D eigenvalue weighted by Crippen LogP contribution is -2.33. The van der Waals surface area contributed by atoms with Crippen LogP contribution in [0, 0.1) is 25.2 Å². The van der Waals surface area contributed by atoms with Crippen molar-refractivity contribution >= 4 is 12.0 Å². The second kappa shape index (κ2) is 9.95. The number of furan rings is 1. The van der Waals surface area contributed by atoms with Crippen LogP contribution in [-0.2, 0) is 16.0 Å². The summed E-state index contributed by atoms with van der Waals surface area (Å²) in [7, 11) is 1.68. The third-order valence-corrected chi connectivity index (χ3v) is 4.82. The van der Waals surface area contributed by atoms with Gasteiger partial charge in [-0.3, -0.25) is 4.79 Å². The summed E-state index contributed by atoms with van der Waals surface area (Å²) in [5, 5.41) is 12.4. The molecule has 0 aliphatic heterocycles. The number of nitrogens with one attached hydrogen (secondary N) is 1. The average Bonchev–Trinajstić information content (AvgIpc) is 3.26. The van der Waals surface area contributed by atoms with Crippen molar-refractivity contribution in [1.29, 1.82) is 5.26 Å². The third kappa shape index (κ3) is 5.37. The van der Waals surface area contributed by atoms with Gasteiger partial charge in [0.1, 0.15) is 17.4 Å². The number of hydrogen-bond acceptors (Lipinski definition) is 4. The van der Waals surface area contributed by atoms with Gasteiger partial charge in [0.05, 0.1) is 18.9 Å². The average molecular weight is 383 g/mol. The highest BCUT2D eigenvalue weighted by Gasteiger charge is 2.17. The number of aryl methyl sites for hydroxylation is 2. The first-order chi connectivity index (χ1) is 13.4. The summed E-state index contributed by atoms with van der Waals surface area (Å²) >= 11 is 0. The summed E-state index contributed by atoms with van der Waals surface area (Å²) in [4.78, 5) is 12.5. The second-order valence-corrected chi connectivity index (χ2v) is 7.16. The van der Waals surface area contributed by atoms with Crippen LogP contribution in [0.4, 0.5) is 0 Å². The van der Waals surface area contributed by atoms with Gasteiger partial charge in [0.15, 0.2) is 0 Å². The molecule has 0 bridgehead atoms. The molecule has 2 heterocycles. The van der Waals surface area contributed by atoms with Crippen molar-refractivity contribution in [2.45, 2.75) is 52.6 Å². The number of hydrogen-bond donors (Lipinski definition) is 1.